The molecule has 0 spiro atoms. The van der Waals surface area contributed by atoms with Crippen LogP contribution in [0.5, 0.6) is 0 Å². The van der Waals surface area contributed by atoms with Gasteiger partial charge in [0.05, 0.1) is 10.0 Å². The highest BCUT2D eigenvalue weighted by molar-refractivity contribution is 6.42. The summed E-state index contributed by atoms with van der Waals surface area (Å²) in [7, 11) is 2.34. The number of nitrogens with zero attached hydrogens (tertiary/aromatic N) is 1. The van der Waals surface area contributed by atoms with Gasteiger partial charge in [-0.25, -0.2) is 0 Å². The lowest BCUT2D eigenvalue weighted by Crippen LogP contribution is -2.22. The maximum atomic E-state index is 5.94. The molecule has 0 radical (unpaired) electrons. The molecule has 1 aliphatic heterocycles. The molecular weight excluding hydrogens is 220 g/mol. The smallest absolute Gasteiger partial charge is 0.363 e. The van der Waals surface area contributed by atoms with Crippen molar-refractivity contribution in [1.82, 2.24) is 4.81 Å². The highest BCUT2D eigenvalue weighted by atomic mass is 35.5. The first kappa shape index (κ1) is 10.3. The van der Waals surface area contributed by atoms with Gasteiger partial charge in [0.1, 0.15) is 0 Å². The lowest BCUT2D eigenvalue weighted by atomic mass is 10.1. The zero-order valence-electron chi connectivity index (χ0n) is 7.89. The quantitative estimate of drug-likeness (QED) is 0.722. The average Bonchev–Trinajstić information content (AvgIpc) is 2.48. The van der Waals surface area contributed by atoms with Crippen LogP contribution in [0, 0.1) is 0 Å². The van der Waals surface area contributed by atoms with Crippen LogP contribution in [0.4, 0.5) is 0 Å². The summed E-state index contributed by atoms with van der Waals surface area (Å²) in [6.45, 7) is 1.78. The van der Waals surface area contributed by atoms with Crippen LogP contribution >= 0.6 is 23.2 Å². The third-order valence-corrected chi connectivity index (χ3v) is 3.06. The average molecular weight is 230 g/mol. The fourth-order valence-electron chi connectivity index (χ4n) is 1.74. The van der Waals surface area contributed by atoms with Crippen LogP contribution in [-0.2, 0) is 17.7 Å². The van der Waals surface area contributed by atoms with Crippen LogP contribution in [0.2, 0.25) is 10.0 Å². The first-order valence-electron chi connectivity index (χ1n) is 4.39. The van der Waals surface area contributed by atoms with E-state index in [-0.39, 0.29) is 0 Å². The molecule has 0 fully saturated rings. The van der Waals surface area contributed by atoms with Crippen LogP contribution in [0.1, 0.15) is 11.1 Å². The van der Waals surface area contributed by atoms with Crippen molar-refractivity contribution in [3.05, 3.63) is 33.3 Å². The monoisotopic (exact) mass is 229 g/mol. The number of hydrogen-bond acceptors (Lipinski definition) is 2. The SMILES string of the molecule is COBN1Cc2cc(Cl)c(Cl)cc2C1. The van der Waals surface area contributed by atoms with Gasteiger partial charge in [-0.1, -0.05) is 23.2 Å². The Labute approximate surface area is 94.0 Å². The van der Waals surface area contributed by atoms with Crippen molar-refractivity contribution in [2.24, 2.45) is 0 Å². The first-order valence-corrected chi connectivity index (χ1v) is 5.14. The molecule has 0 saturated carbocycles. The molecule has 14 heavy (non-hydrogen) atoms. The molecule has 1 heterocycles. The fourth-order valence-corrected chi connectivity index (χ4v) is 2.11. The second kappa shape index (κ2) is 4.11. The summed E-state index contributed by atoms with van der Waals surface area (Å²) in [6.07, 6.45) is 0. The van der Waals surface area contributed by atoms with Gasteiger partial charge in [-0.3, -0.25) is 0 Å². The Morgan fingerprint density at radius 2 is 1.71 bits per heavy atom. The van der Waals surface area contributed by atoms with Gasteiger partial charge < -0.3 is 9.47 Å². The standard InChI is InChI=1S/C9H10BCl2NO/c1-14-10-13-4-6-2-8(11)9(12)3-7(6)5-13/h2-3,10H,4-5H2,1H3. The third-order valence-electron chi connectivity index (χ3n) is 2.34. The molecule has 0 aliphatic carbocycles. The molecule has 0 unspecified atom stereocenters. The minimum absolute atomic E-state index is 0.629. The maximum Gasteiger partial charge on any atom is 0.363 e. The summed E-state index contributed by atoms with van der Waals surface area (Å²) in [5.74, 6) is 0. The Morgan fingerprint density at radius 3 is 2.14 bits per heavy atom. The van der Waals surface area contributed by atoms with Gasteiger partial charge in [0.15, 0.2) is 0 Å². The van der Waals surface area contributed by atoms with E-state index in [0.29, 0.717) is 17.7 Å². The number of fused-ring (bicyclic) bond motifs is 1. The third kappa shape index (κ3) is 1.91. The van der Waals surface area contributed by atoms with Crippen LogP contribution < -0.4 is 0 Å². The Bertz CT molecular complexity index is 328. The van der Waals surface area contributed by atoms with Gasteiger partial charge >= 0.3 is 7.62 Å². The Kier molecular flexibility index (Phi) is 3.03. The molecule has 0 atom stereocenters. The van der Waals surface area contributed by atoms with Gasteiger partial charge in [-0.15, -0.1) is 0 Å². The number of rotatable bonds is 2. The zero-order chi connectivity index (χ0) is 10.1. The molecule has 0 amide bonds. The molecule has 2 nitrogen and oxygen atoms in total. The van der Waals surface area contributed by atoms with E-state index >= 15 is 0 Å². The molecular formula is C9H10BCl2NO. The normalized spacial score (nSPS) is 15.6. The summed E-state index contributed by atoms with van der Waals surface area (Å²) in [5.41, 5.74) is 2.49. The van der Waals surface area contributed by atoms with Crippen LogP contribution in [-0.4, -0.2) is 19.5 Å². The zero-order valence-corrected chi connectivity index (χ0v) is 9.40. The first-order chi connectivity index (χ1) is 6.70. The van der Waals surface area contributed by atoms with Crippen LogP contribution in [0.3, 0.4) is 0 Å². The largest absolute Gasteiger partial charge is 0.427 e. The second-order valence-corrected chi connectivity index (χ2v) is 4.25. The van der Waals surface area contributed by atoms with Crippen molar-refractivity contribution in [2.75, 3.05) is 7.11 Å². The highest BCUT2D eigenvalue weighted by Crippen LogP contribution is 2.30. The van der Waals surface area contributed by atoms with E-state index in [1.807, 2.05) is 12.1 Å². The molecule has 74 valence electrons. The van der Waals surface area contributed by atoms with E-state index in [9.17, 15) is 0 Å². The maximum absolute atomic E-state index is 5.94. The van der Waals surface area contributed by atoms with Crippen LogP contribution in [0.15, 0.2) is 12.1 Å². The Hall–Kier alpha value is -0.215. The molecule has 1 aromatic rings. The number of hydrogen-bond donors (Lipinski definition) is 0. The van der Waals surface area contributed by atoms with Crippen molar-refractivity contribution < 1.29 is 4.65 Å². The molecule has 0 saturated heterocycles. The van der Waals surface area contributed by atoms with E-state index in [1.165, 1.54) is 11.1 Å². The van der Waals surface area contributed by atoms with Crippen LogP contribution in [0.25, 0.3) is 0 Å². The van der Waals surface area contributed by atoms with Gasteiger partial charge in [-0.2, -0.15) is 0 Å². The Balaban J connectivity index is 2.23. The summed E-state index contributed by atoms with van der Waals surface area (Å²) in [5, 5.41) is 1.26. The highest BCUT2D eigenvalue weighted by Gasteiger charge is 2.20. The van der Waals surface area contributed by atoms with Crippen molar-refractivity contribution >= 4 is 30.8 Å². The molecule has 0 bridgehead atoms. The topological polar surface area (TPSA) is 12.5 Å². The van der Waals surface area contributed by atoms with Crippen molar-refractivity contribution in [3.63, 3.8) is 0 Å². The molecule has 1 aliphatic rings. The van der Waals surface area contributed by atoms with Crippen molar-refractivity contribution in [3.8, 4) is 0 Å². The molecule has 5 heteroatoms. The number of benzene rings is 1. The van der Waals surface area contributed by atoms with Crippen molar-refractivity contribution in [1.29, 1.82) is 0 Å². The van der Waals surface area contributed by atoms with Gasteiger partial charge in [0.25, 0.3) is 0 Å². The van der Waals surface area contributed by atoms with E-state index < -0.39 is 0 Å². The lowest BCUT2D eigenvalue weighted by molar-refractivity contribution is 0.345. The predicted molar refractivity (Wildman–Crippen MR) is 59.9 cm³/mol. The van der Waals surface area contributed by atoms with Crippen molar-refractivity contribution in [2.45, 2.75) is 13.1 Å². The summed E-state index contributed by atoms with van der Waals surface area (Å²) >= 11 is 11.9. The van der Waals surface area contributed by atoms with Gasteiger partial charge in [0, 0.05) is 20.2 Å². The molecule has 0 aromatic heterocycles. The molecule has 1 aromatic carbocycles. The van der Waals surface area contributed by atoms with Gasteiger partial charge in [0.2, 0.25) is 0 Å². The Morgan fingerprint density at radius 1 is 1.21 bits per heavy atom. The van der Waals surface area contributed by atoms with E-state index in [1.54, 1.807) is 7.11 Å². The number of halogens is 2. The molecule has 0 N–H and O–H groups in total. The lowest BCUT2D eigenvalue weighted by Gasteiger charge is -2.09. The van der Waals surface area contributed by atoms with E-state index in [4.69, 9.17) is 27.9 Å². The van der Waals surface area contributed by atoms with Gasteiger partial charge in [-0.05, 0) is 23.3 Å². The van der Waals surface area contributed by atoms with E-state index in [0.717, 1.165) is 13.1 Å². The minimum Gasteiger partial charge on any atom is -0.427 e. The summed E-state index contributed by atoms with van der Waals surface area (Å²) < 4.78 is 5.08. The van der Waals surface area contributed by atoms with E-state index in [2.05, 4.69) is 4.81 Å². The second-order valence-electron chi connectivity index (χ2n) is 3.44. The summed E-state index contributed by atoms with van der Waals surface area (Å²) in [6, 6.07) is 3.88. The fraction of sp³-hybridized carbons (Fsp3) is 0.333. The molecule has 2 rings (SSSR count). The minimum atomic E-state index is 0.629. The predicted octanol–water partition coefficient (Wildman–Crippen LogP) is 2.22. The summed E-state index contributed by atoms with van der Waals surface area (Å²) in [4.78, 5) is 2.19.